The van der Waals surface area contributed by atoms with Gasteiger partial charge in [0.05, 0.1) is 42.7 Å². The van der Waals surface area contributed by atoms with E-state index in [1.54, 1.807) is 44.8 Å². The molecule has 0 N–H and O–H groups in total. The van der Waals surface area contributed by atoms with Crippen LogP contribution in [0.4, 0.5) is 0 Å². The lowest BCUT2D eigenvalue weighted by Gasteiger charge is -2.26. The number of rotatable bonds is 6. The summed E-state index contributed by atoms with van der Waals surface area (Å²) in [4.78, 5) is 32.4. The van der Waals surface area contributed by atoms with E-state index < -0.39 is 12.0 Å². The first-order valence-electron chi connectivity index (χ1n) is 11.9. The third-order valence-corrected chi connectivity index (χ3v) is 8.20. The third kappa shape index (κ3) is 4.27. The van der Waals surface area contributed by atoms with Crippen molar-refractivity contribution in [2.45, 2.75) is 19.9 Å². The molecule has 1 atom stereocenters. The molecule has 0 radical (unpaired) electrons. The highest BCUT2D eigenvalue weighted by molar-refractivity contribution is 9.10. The smallest absolute Gasteiger partial charge is 0.338 e. The van der Waals surface area contributed by atoms with Crippen LogP contribution >= 0.6 is 27.3 Å². The van der Waals surface area contributed by atoms with Crippen molar-refractivity contribution in [3.63, 3.8) is 0 Å². The van der Waals surface area contributed by atoms with Crippen LogP contribution < -0.4 is 24.4 Å². The van der Waals surface area contributed by atoms with Gasteiger partial charge in [-0.1, -0.05) is 45.5 Å². The Balaban J connectivity index is 1.79. The Hall–Kier alpha value is -3.63. The van der Waals surface area contributed by atoms with Crippen LogP contribution in [0.3, 0.4) is 0 Å². The van der Waals surface area contributed by atoms with Crippen molar-refractivity contribution < 1.29 is 19.0 Å². The predicted octanol–water partition coefficient (Wildman–Crippen LogP) is 4.07. The van der Waals surface area contributed by atoms with E-state index >= 15 is 0 Å². The van der Waals surface area contributed by atoms with E-state index in [2.05, 4.69) is 20.9 Å². The molecule has 4 aromatic rings. The third-order valence-electron chi connectivity index (χ3n) is 6.53. The van der Waals surface area contributed by atoms with Gasteiger partial charge in [0.25, 0.3) is 5.56 Å². The highest BCUT2D eigenvalue weighted by Gasteiger charge is 2.35. The Labute approximate surface area is 231 Å². The van der Waals surface area contributed by atoms with Gasteiger partial charge in [-0.15, -0.1) is 0 Å². The molecule has 0 unspecified atom stereocenters. The second kappa shape index (κ2) is 10.3. The van der Waals surface area contributed by atoms with Gasteiger partial charge in [-0.2, -0.15) is 0 Å². The number of aromatic nitrogens is 2. The van der Waals surface area contributed by atoms with E-state index in [1.807, 2.05) is 48.2 Å². The van der Waals surface area contributed by atoms with Crippen LogP contribution in [0.1, 0.15) is 31.0 Å². The van der Waals surface area contributed by atoms with Gasteiger partial charge < -0.3 is 18.8 Å². The number of allylic oxidation sites excluding steroid dienone is 1. The van der Waals surface area contributed by atoms with E-state index in [0.29, 0.717) is 42.1 Å². The maximum Gasteiger partial charge on any atom is 0.338 e. The Bertz CT molecular complexity index is 1800. The number of carbonyl (C=O) groups excluding carboxylic acids is 1. The molecule has 0 saturated carbocycles. The van der Waals surface area contributed by atoms with Gasteiger partial charge in [0.1, 0.15) is 0 Å². The minimum absolute atomic E-state index is 0.195. The van der Waals surface area contributed by atoms with Crippen LogP contribution in [0.25, 0.3) is 17.0 Å². The quantitative estimate of drug-likeness (QED) is 0.314. The van der Waals surface area contributed by atoms with Gasteiger partial charge in [0.15, 0.2) is 16.3 Å². The van der Waals surface area contributed by atoms with Crippen LogP contribution in [0.15, 0.2) is 68.1 Å². The van der Waals surface area contributed by atoms with Crippen molar-refractivity contribution in [2.75, 3.05) is 20.8 Å². The summed E-state index contributed by atoms with van der Waals surface area (Å²) in [6, 6.07) is 10.8. The van der Waals surface area contributed by atoms with Gasteiger partial charge in [0.2, 0.25) is 0 Å². The van der Waals surface area contributed by atoms with Crippen molar-refractivity contribution in [3.05, 3.63) is 89.2 Å². The number of aryl methyl sites for hydroxylation is 1. The fraction of sp³-hybridized carbons (Fsp3) is 0.250. The summed E-state index contributed by atoms with van der Waals surface area (Å²) >= 11 is 4.91. The molecule has 5 rings (SSSR count). The van der Waals surface area contributed by atoms with Crippen molar-refractivity contribution in [2.24, 2.45) is 12.0 Å². The molecule has 0 spiro atoms. The largest absolute Gasteiger partial charge is 0.493 e. The number of thiazole rings is 1. The number of benzene rings is 2. The number of nitrogens with zero attached hydrogens (tertiary/aromatic N) is 3. The number of hydrogen-bond acceptors (Lipinski definition) is 7. The molecule has 0 fully saturated rings. The van der Waals surface area contributed by atoms with E-state index in [4.69, 9.17) is 14.2 Å². The minimum atomic E-state index is -0.783. The molecule has 1 aliphatic heterocycles. The van der Waals surface area contributed by atoms with Crippen LogP contribution in [0, 0.1) is 0 Å². The van der Waals surface area contributed by atoms with Gasteiger partial charge in [-0.3, -0.25) is 9.36 Å². The number of hydrogen-bond donors (Lipinski definition) is 0. The number of para-hydroxylation sites is 1. The summed E-state index contributed by atoms with van der Waals surface area (Å²) in [5.41, 5.74) is 3.19. The Morgan fingerprint density at radius 1 is 1.18 bits per heavy atom. The van der Waals surface area contributed by atoms with Crippen LogP contribution in [-0.2, 0) is 16.6 Å². The molecule has 0 bridgehead atoms. The first kappa shape index (κ1) is 26.0. The van der Waals surface area contributed by atoms with E-state index in [9.17, 15) is 9.59 Å². The number of carbonyl (C=O) groups is 1. The first-order chi connectivity index (χ1) is 18.3. The van der Waals surface area contributed by atoms with Crippen molar-refractivity contribution >= 4 is 50.2 Å². The standard InChI is InChI=1S/C28H26BrN3O5S/c1-6-37-27(34)24-15(2)30-28-32(25(24)18-12-21(35-4)22(36-5)13-19(18)29)26(33)23(38-28)11-16-14-31(3)20-10-8-7-9-17(16)20/h7-14,25H,6H2,1-5H3/b23-11+/t25-/m0/s1. The molecule has 196 valence electrons. The zero-order valence-corrected chi connectivity index (χ0v) is 24.0. The van der Waals surface area contributed by atoms with Crippen LogP contribution in [-0.4, -0.2) is 35.9 Å². The van der Waals surface area contributed by atoms with E-state index in [1.165, 1.54) is 11.3 Å². The molecule has 1 aliphatic rings. The topological polar surface area (TPSA) is 84.1 Å². The van der Waals surface area contributed by atoms with E-state index in [-0.39, 0.29) is 12.2 Å². The average Bonchev–Trinajstić information content (AvgIpc) is 3.38. The average molecular weight is 597 g/mol. The van der Waals surface area contributed by atoms with Crippen LogP contribution in [0.2, 0.25) is 0 Å². The lowest BCUT2D eigenvalue weighted by atomic mass is 9.95. The second-order valence-corrected chi connectivity index (χ2v) is 10.6. The number of ether oxygens (including phenoxy) is 3. The van der Waals surface area contributed by atoms with Crippen molar-refractivity contribution in [3.8, 4) is 11.5 Å². The Morgan fingerprint density at radius 3 is 2.61 bits per heavy atom. The summed E-state index contributed by atoms with van der Waals surface area (Å²) in [6.07, 6.45) is 3.89. The summed E-state index contributed by atoms with van der Waals surface area (Å²) < 4.78 is 21.2. The highest BCUT2D eigenvalue weighted by Crippen LogP contribution is 2.40. The zero-order chi connectivity index (χ0) is 27.1. The number of esters is 1. The molecule has 2 aromatic heterocycles. The first-order valence-corrected chi connectivity index (χ1v) is 13.5. The summed E-state index contributed by atoms with van der Waals surface area (Å²) in [5.74, 6) is 0.468. The van der Waals surface area contributed by atoms with Gasteiger partial charge in [0, 0.05) is 34.2 Å². The molecule has 3 heterocycles. The zero-order valence-electron chi connectivity index (χ0n) is 21.6. The molecular formula is C28H26BrN3O5S. The Kier molecular flexibility index (Phi) is 7.02. The van der Waals surface area contributed by atoms with Gasteiger partial charge in [-0.05, 0) is 43.7 Å². The molecule has 10 heteroatoms. The summed E-state index contributed by atoms with van der Waals surface area (Å²) in [7, 11) is 5.07. The number of halogens is 1. The van der Waals surface area contributed by atoms with E-state index in [0.717, 1.165) is 16.5 Å². The maximum absolute atomic E-state index is 14.0. The molecule has 0 saturated heterocycles. The SMILES string of the molecule is CCOC(=O)C1=C(C)N=c2s/c(=C/c3cn(C)c4ccccc34)c(=O)n2[C@H]1c1cc(OC)c(OC)cc1Br. The Morgan fingerprint density at radius 2 is 1.89 bits per heavy atom. The van der Waals surface area contributed by atoms with Crippen molar-refractivity contribution in [1.82, 2.24) is 9.13 Å². The monoisotopic (exact) mass is 595 g/mol. The molecule has 8 nitrogen and oxygen atoms in total. The molecular weight excluding hydrogens is 570 g/mol. The highest BCUT2D eigenvalue weighted by atomic mass is 79.9. The van der Waals surface area contributed by atoms with Crippen molar-refractivity contribution in [1.29, 1.82) is 0 Å². The van der Waals surface area contributed by atoms with Gasteiger partial charge >= 0.3 is 5.97 Å². The molecule has 0 amide bonds. The fourth-order valence-corrected chi connectivity index (χ4v) is 6.37. The maximum atomic E-state index is 14.0. The molecule has 2 aromatic carbocycles. The second-order valence-electron chi connectivity index (χ2n) is 8.74. The lowest BCUT2D eigenvalue weighted by Crippen LogP contribution is -2.40. The fourth-order valence-electron chi connectivity index (χ4n) is 4.79. The van der Waals surface area contributed by atoms with Crippen LogP contribution in [0.5, 0.6) is 11.5 Å². The summed E-state index contributed by atoms with van der Waals surface area (Å²) in [6.45, 7) is 3.70. The normalized spacial score (nSPS) is 15.4. The summed E-state index contributed by atoms with van der Waals surface area (Å²) in [5, 5.41) is 1.04. The number of methoxy groups -OCH3 is 2. The number of fused-ring (bicyclic) bond motifs is 2. The predicted molar refractivity (Wildman–Crippen MR) is 151 cm³/mol. The van der Waals surface area contributed by atoms with Gasteiger partial charge in [-0.25, -0.2) is 9.79 Å². The molecule has 38 heavy (non-hydrogen) atoms. The minimum Gasteiger partial charge on any atom is -0.493 e. The molecule has 0 aliphatic carbocycles. The lowest BCUT2D eigenvalue weighted by molar-refractivity contribution is -0.139.